The number of hydrogen-bond acceptors (Lipinski definition) is 6. The van der Waals surface area contributed by atoms with Crippen molar-refractivity contribution in [2.45, 2.75) is 53.2 Å². The summed E-state index contributed by atoms with van der Waals surface area (Å²) in [6.45, 7) is 10.4. The SMILES string of the molecule is CC(C)OCCCS(C)(=O)=O.CCOC(=O)COC(C)C. The van der Waals surface area contributed by atoms with Gasteiger partial charge in [-0.3, -0.25) is 0 Å². The molecule has 0 N–H and O–H groups in total. The Morgan fingerprint density at radius 3 is 1.95 bits per heavy atom. The van der Waals surface area contributed by atoms with Crippen LogP contribution in [-0.4, -0.2) is 58.4 Å². The Balaban J connectivity index is 0. The molecule has 0 amide bonds. The quantitative estimate of drug-likeness (QED) is 0.475. The van der Waals surface area contributed by atoms with E-state index in [0.29, 0.717) is 19.6 Å². The topological polar surface area (TPSA) is 78.9 Å². The van der Waals surface area contributed by atoms with Gasteiger partial charge >= 0.3 is 5.97 Å². The molecule has 0 saturated carbocycles. The lowest BCUT2D eigenvalue weighted by Gasteiger charge is -2.05. The van der Waals surface area contributed by atoms with Gasteiger partial charge in [-0.15, -0.1) is 0 Å². The van der Waals surface area contributed by atoms with Crippen molar-refractivity contribution in [3.8, 4) is 0 Å². The molecule has 6 nitrogen and oxygen atoms in total. The average molecular weight is 326 g/mol. The summed E-state index contributed by atoms with van der Waals surface area (Å²) in [5.41, 5.74) is 0. The maximum atomic E-state index is 10.6. The van der Waals surface area contributed by atoms with E-state index in [-0.39, 0.29) is 30.5 Å². The average Bonchev–Trinajstić information content (AvgIpc) is 2.32. The second-order valence-electron chi connectivity index (χ2n) is 5.07. The fourth-order valence-corrected chi connectivity index (χ4v) is 1.72. The smallest absolute Gasteiger partial charge is 0.332 e. The van der Waals surface area contributed by atoms with Crippen LogP contribution in [-0.2, 0) is 28.8 Å². The molecule has 0 saturated heterocycles. The number of hydrogen-bond donors (Lipinski definition) is 0. The molecule has 0 aliphatic carbocycles. The van der Waals surface area contributed by atoms with Gasteiger partial charge in [-0.2, -0.15) is 0 Å². The normalized spacial score (nSPS) is 11.2. The van der Waals surface area contributed by atoms with E-state index in [0.717, 1.165) is 0 Å². The number of carbonyl (C=O) groups excluding carboxylic acids is 1. The summed E-state index contributed by atoms with van der Waals surface area (Å²) >= 11 is 0. The predicted molar refractivity (Wildman–Crippen MR) is 83.1 cm³/mol. The van der Waals surface area contributed by atoms with Crippen LogP contribution in [0.25, 0.3) is 0 Å². The third-order valence-corrected chi connectivity index (χ3v) is 2.98. The third kappa shape index (κ3) is 24.7. The molecule has 0 radical (unpaired) electrons. The summed E-state index contributed by atoms with van der Waals surface area (Å²) in [7, 11) is -2.80. The van der Waals surface area contributed by atoms with E-state index in [2.05, 4.69) is 4.74 Å². The highest BCUT2D eigenvalue weighted by atomic mass is 32.2. The lowest BCUT2D eigenvalue weighted by Crippen LogP contribution is -2.15. The number of sulfone groups is 1. The third-order valence-electron chi connectivity index (χ3n) is 1.95. The Hall–Kier alpha value is -0.660. The van der Waals surface area contributed by atoms with Gasteiger partial charge in [0.1, 0.15) is 16.4 Å². The molecule has 0 aromatic heterocycles. The summed E-state index contributed by atoms with van der Waals surface area (Å²) in [5, 5.41) is 0. The van der Waals surface area contributed by atoms with Gasteiger partial charge in [0.25, 0.3) is 0 Å². The fourth-order valence-electron chi connectivity index (χ4n) is 1.08. The van der Waals surface area contributed by atoms with Gasteiger partial charge in [0.05, 0.1) is 24.6 Å². The van der Waals surface area contributed by atoms with Crippen molar-refractivity contribution < 1.29 is 27.4 Å². The molecule has 128 valence electrons. The molecule has 0 aromatic rings. The van der Waals surface area contributed by atoms with Crippen LogP contribution in [0.2, 0.25) is 0 Å². The monoisotopic (exact) mass is 326 g/mol. The molecule has 0 rings (SSSR count). The molecule has 0 aromatic carbocycles. The fraction of sp³-hybridized carbons (Fsp3) is 0.929. The van der Waals surface area contributed by atoms with Crippen LogP contribution in [0, 0.1) is 0 Å². The van der Waals surface area contributed by atoms with Crippen LogP contribution in [0.5, 0.6) is 0 Å². The second kappa shape index (κ2) is 13.0. The number of ether oxygens (including phenoxy) is 3. The highest BCUT2D eigenvalue weighted by Crippen LogP contribution is 1.93. The minimum absolute atomic E-state index is 0.0610. The van der Waals surface area contributed by atoms with E-state index in [9.17, 15) is 13.2 Å². The number of carbonyl (C=O) groups is 1. The van der Waals surface area contributed by atoms with Crippen molar-refractivity contribution in [2.75, 3.05) is 31.8 Å². The van der Waals surface area contributed by atoms with Crippen LogP contribution in [0.4, 0.5) is 0 Å². The van der Waals surface area contributed by atoms with Crippen molar-refractivity contribution in [3.63, 3.8) is 0 Å². The zero-order valence-corrected chi connectivity index (χ0v) is 14.9. The van der Waals surface area contributed by atoms with Gasteiger partial charge in [-0.25, -0.2) is 13.2 Å². The first-order chi connectivity index (χ1) is 9.58. The van der Waals surface area contributed by atoms with Crippen molar-refractivity contribution in [1.29, 1.82) is 0 Å². The predicted octanol–water partition coefficient (Wildman–Crippen LogP) is 1.82. The van der Waals surface area contributed by atoms with Crippen molar-refractivity contribution in [1.82, 2.24) is 0 Å². The number of rotatable bonds is 9. The van der Waals surface area contributed by atoms with Crippen LogP contribution in [0.1, 0.15) is 41.0 Å². The molecular formula is C14H30O6S. The van der Waals surface area contributed by atoms with Crippen molar-refractivity contribution >= 4 is 15.8 Å². The molecule has 0 fully saturated rings. The maximum absolute atomic E-state index is 10.6. The standard InChI is InChI=1S/C7H16O3S.C7H14O3/c1-7(2)10-5-4-6-11(3,8)9;1-4-9-7(8)5-10-6(2)3/h7H,4-6H2,1-3H3;6H,4-5H2,1-3H3. The summed E-state index contributed by atoms with van der Waals surface area (Å²) in [5.74, 6) is -0.0732. The second-order valence-corrected chi connectivity index (χ2v) is 7.33. The molecule has 0 heterocycles. The van der Waals surface area contributed by atoms with Crippen LogP contribution in [0.15, 0.2) is 0 Å². The van der Waals surface area contributed by atoms with Gasteiger partial charge < -0.3 is 14.2 Å². The molecule has 7 heteroatoms. The molecule has 0 spiro atoms. The summed E-state index contributed by atoms with van der Waals surface area (Å²) < 4.78 is 36.0. The summed E-state index contributed by atoms with van der Waals surface area (Å²) in [6, 6.07) is 0. The zero-order valence-electron chi connectivity index (χ0n) is 14.0. The molecule has 0 atom stereocenters. The Bertz CT molecular complexity index is 348. The van der Waals surface area contributed by atoms with Crippen molar-refractivity contribution in [2.24, 2.45) is 0 Å². The molecule has 0 aliphatic heterocycles. The molecule has 0 unspecified atom stereocenters. The highest BCUT2D eigenvalue weighted by molar-refractivity contribution is 7.90. The lowest BCUT2D eigenvalue weighted by molar-refractivity contribution is -0.149. The molecule has 0 aliphatic rings. The highest BCUT2D eigenvalue weighted by Gasteiger charge is 2.02. The van der Waals surface area contributed by atoms with Gasteiger partial charge in [0.2, 0.25) is 0 Å². The molecule has 0 bridgehead atoms. The van der Waals surface area contributed by atoms with E-state index in [4.69, 9.17) is 9.47 Å². The minimum Gasteiger partial charge on any atom is -0.464 e. The first kappa shape index (κ1) is 22.6. The Labute approximate surface area is 129 Å². The first-order valence-corrected chi connectivity index (χ1v) is 9.21. The summed E-state index contributed by atoms with van der Waals surface area (Å²) in [4.78, 5) is 10.6. The first-order valence-electron chi connectivity index (χ1n) is 7.15. The lowest BCUT2D eigenvalue weighted by atomic mass is 10.4. The van der Waals surface area contributed by atoms with Gasteiger partial charge in [-0.05, 0) is 41.0 Å². The zero-order chi connectivity index (χ0) is 16.9. The van der Waals surface area contributed by atoms with Gasteiger partial charge in [0, 0.05) is 12.9 Å². The van der Waals surface area contributed by atoms with Crippen LogP contribution in [0.3, 0.4) is 0 Å². The Kier molecular flexibility index (Phi) is 14.0. The largest absolute Gasteiger partial charge is 0.464 e. The van der Waals surface area contributed by atoms with E-state index >= 15 is 0 Å². The minimum atomic E-state index is -2.80. The summed E-state index contributed by atoms with van der Waals surface area (Å²) in [6.07, 6.45) is 2.11. The van der Waals surface area contributed by atoms with Gasteiger partial charge in [-0.1, -0.05) is 0 Å². The van der Waals surface area contributed by atoms with Gasteiger partial charge in [0.15, 0.2) is 0 Å². The maximum Gasteiger partial charge on any atom is 0.332 e. The van der Waals surface area contributed by atoms with Crippen LogP contribution >= 0.6 is 0 Å². The van der Waals surface area contributed by atoms with E-state index in [1.54, 1.807) is 6.92 Å². The molecule has 21 heavy (non-hydrogen) atoms. The van der Waals surface area contributed by atoms with E-state index in [1.807, 2.05) is 27.7 Å². The Morgan fingerprint density at radius 1 is 1.05 bits per heavy atom. The molecular weight excluding hydrogens is 296 g/mol. The van der Waals surface area contributed by atoms with E-state index in [1.165, 1.54) is 6.26 Å². The van der Waals surface area contributed by atoms with Crippen LogP contribution < -0.4 is 0 Å². The van der Waals surface area contributed by atoms with E-state index < -0.39 is 9.84 Å². The van der Waals surface area contributed by atoms with Crippen molar-refractivity contribution in [3.05, 3.63) is 0 Å². The Morgan fingerprint density at radius 2 is 1.57 bits per heavy atom. The number of esters is 1.